The van der Waals surface area contributed by atoms with E-state index in [0.717, 1.165) is 18.9 Å². The molecule has 0 radical (unpaired) electrons. The predicted octanol–water partition coefficient (Wildman–Crippen LogP) is 1.64. The summed E-state index contributed by atoms with van der Waals surface area (Å²) in [5.74, 6) is 0.948. The molecule has 1 saturated heterocycles. The number of nitrogens with zero attached hydrogens (tertiary/aromatic N) is 3. The van der Waals surface area contributed by atoms with E-state index in [-0.39, 0.29) is 5.56 Å². The summed E-state index contributed by atoms with van der Waals surface area (Å²) in [6, 6.07) is 3.47. The summed E-state index contributed by atoms with van der Waals surface area (Å²) in [4.78, 5) is 13.7. The fourth-order valence-electron chi connectivity index (χ4n) is 2.13. The van der Waals surface area contributed by atoms with Gasteiger partial charge in [-0.15, -0.1) is 0 Å². The Bertz CT molecular complexity index is 391. The summed E-state index contributed by atoms with van der Waals surface area (Å²) in [5.41, 5.74) is -0.0129. The summed E-state index contributed by atoms with van der Waals surface area (Å²) >= 11 is 0. The lowest BCUT2D eigenvalue weighted by Crippen LogP contribution is -2.29. The zero-order chi connectivity index (χ0) is 11.4. The van der Waals surface area contributed by atoms with Crippen LogP contribution in [-0.4, -0.2) is 22.9 Å². The van der Waals surface area contributed by atoms with Crippen molar-refractivity contribution in [2.24, 2.45) is 0 Å². The third-order valence-corrected chi connectivity index (χ3v) is 3.08. The zero-order valence-electron chi connectivity index (χ0n) is 9.85. The maximum atomic E-state index is 11.4. The number of aromatic nitrogens is 2. The first-order valence-corrected chi connectivity index (χ1v) is 6.14. The molecule has 2 rings (SSSR count). The van der Waals surface area contributed by atoms with Crippen LogP contribution in [0.3, 0.4) is 0 Å². The lowest BCUT2D eigenvalue weighted by Gasteiger charge is -2.21. The summed E-state index contributed by atoms with van der Waals surface area (Å²) < 4.78 is 1.53. The van der Waals surface area contributed by atoms with Crippen LogP contribution in [0.1, 0.15) is 32.6 Å². The van der Waals surface area contributed by atoms with Crippen LogP contribution in [0.4, 0.5) is 5.82 Å². The van der Waals surface area contributed by atoms with Gasteiger partial charge in [-0.2, -0.15) is 5.10 Å². The molecule has 0 aromatic carbocycles. The van der Waals surface area contributed by atoms with Crippen molar-refractivity contribution in [2.45, 2.75) is 39.2 Å². The van der Waals surface area contributed by atoms with Gasteiger partial charge in [-0.3, -0.25) is 4.79 Å². The van der Waals surface area contributed by atoms with E-state index in [4.69, 9.17) is 0 Å². The van der Waals surface area contributed by atoms with Gasteiger partial charge < -0.3 is 4.90 Å². The van der Waals surface area contributed by atoms with Crippen LogP contribution in [0, 0.1) is 0 Å². The predicted molar refractivity (Wildman–Crippen MR) is 64.9 cm³/mol. The highest BCUT2D eigenvalue weighted by molar-refractivity contribution is 5.36. The molecule has 0 atom stereocenters. The Hall–Kier alpha value is -1.32. The van der Waals surface area contributed by atoms with Gasteiger partial charge in [0.2, 0.25) is 0 Å². The van der Waals surface area contributed by atoms with Crippen LogP contribution in [0.2, 0.25) is 0 Å². The van der Waals surface area contributed by atoms with E-state index >= 15 is 0 Å². The highest BCUT2D eigenvalue weighted by Crippen LogP contribution is 2.15. The highest BCUT2D eigenvalue weighted by atomic mass is 16.1. The molecule has 1 fully saturated rings. The second-order valence-corrected chi connectivity index (χ2v) is 4.25. The average molecular weight is 221 g/mol. The van der Waals surface area contributed by atoms with Crippen LogP contribution in [0.15, 0.2) is 16.9 Å². The fraction of sp³-hybridized carbons (Fsp3) is 0.667. The van der Waals surface area contributed by atoms with E-state index in [1.165, 1.54) is 30.4 Å². The molecule has 0 unspecified atom stereocenters. The van der Waals surface area contributed by atoms with Gasteiger partial charge in [-0.1, -0.05) is 12.8 Å². The Morgan fingerprint density at radius 3 is 2.50 bits per heavy atom. The maximum Gasteiger partial charge on any atom is 0.266 e. The van der Waals surface area contributed by atoms with Gasteiger partial charge in [-0.05, 0) is 25.8 Å². The maximum absolute atomic E-state index is 11.4. The Kier molecular flexibility index (Phi) is 3.59. The van der Waals surface area contributed by atoms with E-state index in [0.29, 0.717) is 6.54 Å². The smallest absolute Gasteiger partial charge is 0.266 e. The molecule has 0 amide bonds. The topological polar surface area (TPSA) is 38.1 Å². The minimum absolute atomic E-state index is 0.0129. The first-order valence-electron chi connectivity index (χ1n) is 6.14. The molecule has 4 nitrogen and oxygen atoms in total. The average Bonchev–Trinajstić information content (AvgIpc) is 2.58. The monoisotopic (exact) mass is 221 g/mol. The summed E-state index contributed by atoms with van der Waals surface area (Å²) in [5, 5.41) is 4.39. The third kappa shape index (κ3) is 2.43. The zero-order valence-corrected chi connectivity index (χ0v) is 9.85. The van der Waals surface area contributed by atoms with Gasteiger partial charge >= 0.3 is 0 Å². The van der Waals surface area contributed by atoms with Gasteiger partial charge in [0, 0.05) is 25.7 Å². The molecular weight excluding hydrogens is 202 g/mol. The molecule has 0 N–H and O–H groups in total. The normalized spacial score (nSPS) is 17.2. The van der Waals surface area contributed by atoms with Crippen LogP contribution in [0.25, 0.3) is 0 Å². The van der Waals surface area contributed by atoms with E-state index in [9.17, 15) is 4.79 Å². The van der Waals surface area contributed by atoms with Crippen molar-refractivity contribution in [3.8, 4) is 0 Å². The molecule has 1 aliphatic rings. The van der Waals surface area contributed by atoms with Gasteiger partial charge in [-0.25, -0.2) is 4.68 Å². The van der Waals surface area contributed by atoms with Crippen molar-refractivity contribution in [1.82, 2.24) is 9.78 Å². The van der Waals surface area contributed by atoms with Crippen molar-refractivity contribution in [1.29, 1.82) is 0 Å². The molecule has 0 bridgehead atoms. The van der Waals surface area contributed by atoms with Crippen LogP contribution in [0.5, 0.6) is 0 Å². The summed E-state index contributed by atoms with van der Waals surface area (Å²) in [6.07, 6.45) is 5.08. The van der Waals surface area contributed by atoms with Gasteiger partial charge in [0.05, 0.1) is 0 Å². The fourth-order valence-corrected chi connectivity index (χ4v) is 2.13. The minimum Gasteiger partial charge on any atom is -0.355 e. The van der Waals surface area contributed by atoms with E-state index in [1.807, 2.05) is 13.0 Å². The van der Waals surface area contributed by atoms with E-state index in [1.54, 1.807) is 6.07 Å². The highest BCUT2D eigenvalue weighted by Gasteiger charge is 2.11. The summed E-state index contributed by atoms with van der Waals surface area (Å²) in [6.45, 7) is 4.71. The number of aryl methyl sites for hydroxylation is 1. The molecule has 1 aliphatic heterocycles. The Balaban J connectivity index is 2.21. The minimum atomic E-state index is -0.0129. The lowest BCUT2D eigenvalue weighted by molar-refractivity contribution is 0.605. The second kappa shape index (κ2) is 5.14. The molecule has 16 heavy (non-hydrogen) atoms. The first-order chi connectivity index (χ1) is 7.81. The molecule has 0 spiro atoms. The molecule has 0 aliphatic carbocycles. The van der Waals surface area contributed by atoms with Crippen LogP contribution < -0.4 is 10.5 Å². The quantitative estimate of drug-likeness (QED) is 0.762. The van der Waals surface area contributed by atoms with Gasteiger partial charge in [0.25, 0.3) is 5.56 Å². The van der Waals surface area contributed by atoms with Crippen LogP contribution in [-0.2, 0) is 6.54 Å². The molecule has 1 aromatic rings. The molecule has 1 aromatic heterocycles. The van der Waals surface area contributed by atoms with Crippen molar-refractivity contribution in [3.63, 3.8) is 0 Å². The third-order valence-electron chi connectivity index (χ3n) is 3.08. The lowest BCUT2D eigenvalue weighted by atomic mass is 10.2. The van der Waals surface area contributed by atoms with Crippen molar-refractivity contribution >= 4 is 5.82 Å². The van der Waals surface area contributed by atoms with Crippen LogP contribution >= 0.6 is 0 Å². The van der Waals surface area contributed by atoms with Crippen molar-refractivity contribution in [3.05, 3.63) is 22.5 Å². The molecule has 2 heterocycles. The molecule has 88 valence electrons. The molecular formula is C12H19N3O. The number of anilines is 1. The number of rotatable bonds is 2. The van der Waals surface area contributed by atoms with E-state index in [2.05, 4.69) is 10.00 Å². The largest absolute Gasteiger partial charge is 0.355 e. The number of hydrogen-bond donors (Lipinski definition) is 0. The van der Waals surface area contributed by atoms with Crippen molar-refractivity contribution < 1.29 is 0 Å². The first kappa shape index (κ1) is 11.2. The van der Waals surface area contributed by atoms with Crippen molar-refractivity contribution in [2.75, 3.05) is 18.0 Å². The molecule has 4 heteroatoms. The van der Waals surface area contributed by atoms with Gasteiger partial charge in [0.15, 0.2) is 0 Å². The summed E-state index contributed by atoms with van der Waals surface area (Å²) in [7, 11) is 0. The molecule has 0 saturated carbocycles. The SMILES string of the molecule is CCn1nc(N2CCCCCC2)ccc1=O. The second-order valence-electron chi connectivity index (χ2n) is 4.25. The Labute approximate surface area is 95.9 Å². The van der Waals surface area contributed by atoms with Gasteiger partial charge in [0.1, 0.15) is 5.82 Å². The Morgan fingerprint density at radius 2 is 1.88 bits per heavy atom. The van der Waals surface area contributed by atoms with E-state index < -0.39 is 0 Å². The number of hydrogen-bond acceptors (Lipinski definition) is 3. The standard InChI is InChI=1S/C12H19N3O/c1-2-15-12(16)8-7-11(13-15)14-9-5-3-4-6-10-14/h7-8H,2-6,9-10H2,1H3. The Morgan fingerprint density at radius 1 is 1.19 bits per heavy atom.